The van der Waals surface area contributed by atoms with Crippen LogP contribution in [-0.4, -0.2) is 30.8 Å². The number of hydrogen-bond acceptors (Lipinski definition) is 4. The zero-order valence-corrected chi connectivity index (χ0v) is 15.0. The number of nitrogens with one attached hydrogen (secondary N) is 3. The number of halogens is 2. The van der Waals surface area contributed by atoms with Gasteiger partial charge in [0.1, 0.15) is 0 Å². The topological polar surface area (TPSA) is 99.4 Å². The summed E-state index contributed by atoms with van der Waals surface area (Å²) >= 11 is 12.1. The van der Waals surface area contributed by atoms with Gasteiger partial charge in [-0.05, 0) is 42.3 Å². The van der Waals surface area contributed by atoms with E-state index in [1.807, 2.05) is 0 Å². The van der Waals surface area contributed by atoms with E-state index < -0.39 is 6.03 Å². The van der Waals surface area contributed by atoms with Gasteiger partial charge >= 0.3 is 6.03 Å². The molecule has 0 bridgehead atoms. The number of rotatable bonds is 7. The number of carbonyl (C=O) groups is 1. The quantitative estimate of drug-likeness (QED) is 0.505. The molecule has 2 amide bonds. The van der Waals surface area contributed by atoms with Crippen LogP contribution in [0.2, 0.25) is 10.0 Å². The van der Waals surface area contributed by atoms with Gasteiger partial charge in [-0.2, -0.15) is 0 Å². The van der Waals surface area contributed by atoms with Crippen molar-refractivity contribution in [3.63, 3.8) is 0 Å². The van der Waals surface area contributed by atoms with Crippen LogP contribution in [0.1, 0.15) is 5.56 Å². The van der Waals surface area contributed by atoms with E-state index in [1.165, 1.54) is 0 Å². The molecule has 134 valence electrons. The molecular weight excluding hydrogens is 363 g/mol. The summed E-state index contributed by atoms with van der Waals surface area (Å²) in [6, 6.07) is 9.82. The van der Waals surface area contributed by atoms with E-state index in [0.717, 1.165) is 11.3 Å². The van der Waals surface area contributed by atoms with Crippen LogP contribution >= 0.6 is 23.2 Å². The molecule has 25 heavy (non-hydrogen) atoms. The molecule has 0 spiro atoms. The molecule has 0 fully saturated rings. The third kappa shape index (κ3) is 6.10. The second kappa shape index (κ2) is 9.48. The molecule has 0 aliphatic rings. The van der Waals surface area contributed by atoms with Crippen LogP contribution in [0.15, 0.2) is 36.4 Å². The second-order valence-corrected chi connectivity index (χ2v) is 6.17. The van der Waals surface area contributed by atoms with Crippen LogP contribution in [0, 0.1) is 0 Å². The van der Waals surface area contributed by atoms with Crippen LogP contribution in [0.4, 0.5) is 21.9 Å². The smallest absolute Gasteiger partial charge is 0.323 e. The van der Waals surface area contributed by atoms with Gasteiger partial charge in [0.15, 0.2) is 0 Å². The Bertz CT molecular complexity index is 741. The first-order chi connectivity index (χ1) is 12.0. The largest absolute Gasteiger partial charge is 0.396 e. The number of benzene rings is 2. The number of nitrogens with two attached hydrogens (primary N) is 1. The Kier molecular flexibility index (Phi) is 7.33. The predicted molar refractivity (Wildman–Crippen MR) is 104 cm³/mol. The van der Waals surface area contributed by atoms with Gasteiger partial charge in [0.25, 0.3) is 0 Å². The maximum atomic E-state index is 12.3. The maximum absolute atomic E-state index is 12.3. The summed E-state index contributed by atoms with van der Waals surface area (Å²) in [5.41, 5.74) is 8.10. The summed E-state index contributed by atoms with van der Waals surface area (Å²) in [5.74, 6) is 0. The number of anilines is 3. The van der Waals surface area contributed by atoms with Crippen molar-refractivity contribution in [2.24, 2.45) is 5.73 Å². The Morgan fingerprint density at radius 2 is 1.80 bits per heavy atom. The highest BCUT2D eigenvalue weighted by Gasteiger charge is 2.09. The zero-order valence-electron chi connectivity index (χ0n) is 13.5. The molecule has 0 aliphatic heterocycles. The van der Waals surface area contributed by atoms with E-state index in [2.05, 4.69) is 16.0 Å². The minimum absolute atomic E-state index is 0.0254. The number of hydrogen-bond donors (Lipinski definition) is 5. The number of aliphatic hydroxyl groups excluding tert-OH is 1. The van der Waals surface area contributed by atoms with Gasteiger partial charge in [-0.1, -0.05) is 29.3 Å². The molecule has 0 saturated carbocycles. The van der Waals surface area contributed by atoms with Crippen molar-refractivity contribution in [3.05, 3.63) is 52.0 Å². The van der Waals surface area contributed by atoms with Crippen molar-refractivity contribution in [1.29, 1.82) is 0 Å². The fourth-order valence-corrected chi connectivity index (χ4v) is 2.68. The minimum Gasteiger partial charge on any atom is -0.396 e. The standard InChI is InChI=1S/C17H20Cl2N4O2/c18-12-2-1-11(3-6-24)16(9-12)23-17(25)22-15-8-13(19)7-14(10-15)21-5-4-20/h1-2,7-10,21,24H,3-6,20H2,(H2,22,23,25). The average Bonchev–Trinajstić information content (AvgIpc) is 2.55. The molecule has 2 rings (SSSR count). The summed E-state index contributed by atoms with van der Waals surface area (Å²) in [5, 5.41) is 18.7. The van der Waals surface area contributed by atoms with Crippen molar-refractivity contribution in [1.82, 2.24) is 0 Å². The van der Waals surface area contributed by atoms with Crippen LogP contribution in [-0.2, 0) is 6.42 Å². The first-order valence-electron chi connectivity index (χ1n) is 7.73. The maximum Gasteiger partial charge on any atom is 0.323 e. The molecule has 2 aromatic rings. The van der Waals surface area contributed by atoms with E-state index >= 15 is 0 Å². The average molecular weight is 383 g/mol. The van der Waals surface area contributed by atoms with E-state index in [9.17, 15) is 4.79 Å². The number of carbonyl (C=O) groups excluding carboxylic acids is 1. The first kappa shape index (κ1) is 19.3. The third-order valence-electron chi connectivity index (χ3n) is 3.33. The molecular formula is C17H20Cl2N4O2. The van der Waals surface area contributed by atoms with Crippen molar-refractivity contribution in [2.75, 3.05) is 35.6 Å². The van der Waals surface area contributed by atoms with E-state index in [0.29, 0.717) is 40.9 Å². The minimum atomic E-state index is -0.437. The lowest BCUT2D eigenvalue weighted by molar-refractivity contribution is 0.262. The molecule has 0 saturated heterocycles. The molecule has 0 heterocycles. The Balaban J connectivity index is 2.10. The van der Waals surface area contributed by atoms with Crippen molar-refractivity contribution in [3.8, 4) is 0 Å². The van der Waals surface area contributed by atoms with E-state index in [-0.39, 0.29) is 6.61 Å². The van der Waals surface area contributed by atoms with Crippen LogP contribution in [0.25, 0.3) is 0 Å². The fraction of sp³-hybridized carbons (Fsp3) is 0.235. The van der Waals surface area contributed by atoms with Crippen LogP contribution in [0.3, 0.4) is 0 Å². The molecule has 6 nitrogen and oxygen atoms in total. The highest BCUT2D eigenvalue weighted by atomic mass is 35.5. The number of amides is 2. The molecule has 8 heteroatoms. The summed E-state index contributed by atoms with van der Waals surface area (Å²) in [7, 11) is 0. The monoisotopic (exact) mass is 382 g/mol. The summed E-state index contributed by atoms with van der Waals surface area (Å²) in [6.07, 6.45) is 0.414. The molecule has 0 aliphatic carbocycles. The zero-order chi connectivity index (χ0) is 18.2. The van der Waals surface area contributed by atoms with Crippen molar-refractivity contribution >= 4 is 46.3 Å². The number of aliphatic hydroxyl groups is 1. The Morgan fingerprint density at radius 3 is 2.52 bits per heavy atom. The molecule has 0 atom stereocenters. The Labute approximate surface area is 156 Å². The van der Waals surface area contributed by atoms with Gasteiger partial charge in [-0.3, -0.25) is 0 Å². The van der Waals surface area contributed by atoms with E-state index in [1.54, 1.807) is 36.4 Å². The van der Waals surface area contributed by atoms with Crippen molar-refractivity contribution in [2.45, 2.75) is 6.42 Å². The van der Waals surface area contributed by atoms with Gasteiger partial charge in [0.2, 0.25) is 0 Å². The normalized spacial score (nSPS) is 10.4. The van der Waals surface area contributed by atoms with Gasteiger partial charge in [-0.15, -0.1) is 0 Å². The second-order valence-electron chi connectivity index (χ2n) is 5.30. The fourth-order valence-electron chi connectivity index (χ4n) is 2.27. The summed E-state index contributed by atoms with van der Waals surface area (Å²) in [4.78, 5) is 12.3. The highest BCUT2D eigenvalue weighted by Crippen LogP contribution is 2.24. The molecule has 6 N–H and O–H groups in total. The molecule has 0 radical (unpaired) electrons. The lowest BCUT2D eigenvalue weighted by Gasteiger charge is -2.13. The predicted octanol–water partition coefficient (Wildman–Crippen LogP) is 3.54. The number of urea groups is 1. The highest BCUT2D eigenvalue weighted by molar-refractivity contribution is 6.31. The molecule has 2 aromatic carbocycles. The van der Waals surface area contributed by atoms with Crippen LogP contribution < -0.4 is 21.7 Å². The summed E-state index contributed by atoms with van der Waals surface area (Å²) in [6.45, 7) is 1.06. The lowest BCUT2D eigenvalue weighted by atomic mass is 10.1. The SMILES string of the molecule is NCCNc1cc(Cl)cc(NC(=O)Nc2cc(Cl)ccc2CCO)c1. The van der Waals surface area contributed by atoms with E-state index in [4.69, 9.17) is 34.0 Å². The lowest BCUT2D eigenvalue weighted by Crippen LogP contribution is -2.20. The van der Waals surface area contributed by atoms with Gasteiger partial charge in [0, 0.05) is 46.8 Å². The Hall–Kier alpha value is -1.99. The molecule has 0 aromatic heterocycles. The Morgan fingerprint density at radius 1 is 1.04 bits per heavy atom. The van der Waals surface area contributed by atoms with Crippen LogP contribution in [0.5, 0.6) is 0 Å². The molecule has 0 unspecified atom stereocenters. The van der Waals surface area contributed by atoms with Gasteiger partial charge in [0.05, 0.1) is 0 Å². The summed E-state index contributed by atoms with van der Waals surface area (Å²) < 4.78 is 0. The van der Waals surface area contributed by atoms with Gasteiger partial charge < -0.3 is 26.8 Å². The van der Waals surface area contributed by atoms with Gasteiger partial charge in [-0.25, -0.2) is 4.79 Å². The third-order valence-corrected chi connectivity index (χ3v) is 3.78. The first-order valence-corrected chi connectivity index (χ1v) is 8.49. The van der Waals surface area contributed by atoms with Crippen molar-refractivity contribution < 1.29 is 9.90 Å².